The molecule has 20 heavy (non-hydrogen) atoms. The molecule has 9 heteroatoms. The van der Waals surface area contributed by atoms with Crippen LogP contribution in [0.1, 0.15) is 0 Å². The fourth-order valence-electron chi connectivity index (χ4n) is 2.30. The number of imidazole rings is 1. The first-order chi connectivity index (χ1) is 9.50. The minimum absolute atomic E-state index is 0.288. The molecule has 0 saturated carbocycles. The average molecular weight is 298 g/mol. The van der Waals surface area contributed by atoms with Gasteiger partial charge in [0.15, 0.2) is 11.2 Å². The van der Waals surface area contributed by atoms with Crippen LogP contribution in [0.5, 0.6) is 0 Å². The molecule has 0 aliphatic carbocycles. The third-order valence-electron chi connectivity index (χ3n) is 3.44. The van der Waals surface area contributed by atoms with Crippen LogP contribution >= 0.6 is 0 Å². The van der Waals surface area contributed by atoms with Crippen molar-refractivity contribution < 1.29 is 8.95 Å². The summed E-state index contributed by atoms with van der Waals surface area (Å²) in [6.07, 6.45) is 1.48. The molecule has 0 aromatic carbocycles. The van der Waals surface area contributed by atoms with Gasteiger partial charge in [-0.1, -0.05) is 0 Å². The van der Waals surface area contributed by atoms with E-state index in [1.54, 1.807) is 11.6 Å². The molecule has 1 aliphatic rings. The van der Waals surface area contributed by atoms with E-state index < -0.39 is 27.5 Å². The Labute approximate surface area is 116 Å². The van der Waals surface area contributed by atoms with E-state index >= 15 is 0 Å². The average Bonchev–Trinajstić information content (AvgIpc) is 3.02. The monoisotopic (exact) mass is 298 g/mol. The Hall–Kier alpha value is -1.74. The van der Waals surface area contributed by atoms with Gasteiger partial charge in [-0.05, 0) is 0 Å². The van der Waals surface area contributed by atoms with E-state index in [4.69, 9.17) is 4.74 Å². The summed E-state index contributed by atoms with van der Waals surface area (Å²) in [5.41, 5.74) is -0.629. The van der Waals surface area contributed by atoms with Gasteiger partial charge in [0.1, 0.15) is 5.44 Å². The predicted molar refractivity (Wildman–Crippen MR) is 73.0 cm³/mol. The summed E-state index contributed by atoms with van der Waals surface area (Å²) >= 11 is 0. The first kappa shape index (κ1) is 13.3. The molecule has 0 radical (unpaired) electrons. The van der Waals surface area contributed by atoms with Gasteiger partial charge in [-0.3, -0.25) is 18.1 Å². The summed E-state index contributed by atoms with van der Waals surface area (Å²) in [5, 5.41) is 0. The minimum Gasteiger partial charge on any atom is -0.362 e. The summed E-state index contributed by atoms with van der Waals surface area (Å²) in [4.78, 5) is 28.1. The zero-order chi connectivity index (χ0) is 14.4. The Kier molecular flexibility index (Phi) is 3.09. The predicted octanol–water partition coefficient (Wildman–Crippen LogP) is -1.46. The fourth-order valence-corrected chi connectivity index (χ4v) is 3.40. The number of hydrogen-bond acceptors (Lipinski definition) is 5. The minimum atomic E-state index is -1.06. The van der Waals surface area contributed by atoms with Gasteiger partial charge in [0.05, 0.1) is 30.3 Å². The highest BCUT2D eigenvalue weighted by molar-refractivity contribution is 7.85. The highest BCUT2D eigenvalue weighted by atomic mass is 32.2. The molecule has 1 unspecified atom stereocenters. The summed E-state index contributed by atoms with van der Waals surface area (Å²) in [6, 6.07) is 0. The molecule has 2 atom stereocenters. The first-order valence-electron chi connectivity index (χ1n) is 6.10. The standard InChI is InChI=1S/C11H14N4O4S/c1-13-9-8(10(16)14(2)11(13)17)15(6-12-9)5-7-19-3-4-20(7)18/h6-7H,3-5H2,1-2H3/t7-,20?/m0/s1. The normalized spacial score (nSPS) is 22.7. The van der Waals surface area contributed by atoms with Gasteiger partial charge >= 0.3 is 5.69 Å². The van der Waals surface area contributed by atoms with E-state index in [0.717, 1.165) is 4.57 Å². The smallest absolute Gasteiger partial charge is 0.332 e. The molecule has 3 heterocycles. The molecule has 3 rings (SSSR count). The van der Waals surface area contributed by atoms with Crippen LogP contribution in [0.3, 0.4) is 0 Å². The fraction of sp³-hybridized carbons (Fsp3) is 0.545. The molecule has 2 aromatic rings. The summed E-state index contributed by atoms with van der Waals surface area (Å²) in [7, 11) is 1.93. The van der Waals surface area contributed by atoms with E-state index in [-0.39, 0.29) is 6.54 Å². The quantitative estimate of drug-likeness (QED) is 0.676. The summed E-state index contributed by atoms with van der Waals surface area (Å²) in [6.45, 7) is 0.747. The van der Waals surface area contributed by atoms with Gasteiger partial charge in [-0.2, -0.15) is 0 Å². The van der Waals surface area contributed by atoms with Crippen molar-refractivity contribution >= 4 is 22.0 Å². The van der Waals surface area contributed by atoms with Crippen molar-refractivity contribution in [1.82, 2.24) is 18.7 Å². The maximum Gasteiger partial charge on any atom is 0.332 e. The van der Waals surface area contributed by atoms with E-state index in [0.29, 0.717) is 23.5 Å². The second kappa shape index (κ2) is 4.67. The third-order valence-corrected chi connectivity index (χ3v) is 4.89. The Balaban J connectivity index is 2.16. The van der Waals surface area contributed by atoms with Crippen molar-refractivity contribution in [3.63, 3.8) is 0 Å². The van der Waals surface area contributed by atoms with Crippen molar-refractivity contribution in [3.8, 4) is 0 Å². The van der Waals surface area contributed by atoms with Gasteiger partial charge in [-0.25, -0.2) is 9.78 Å². The van der Waals surface area contributed by atoms with E-state index in [9.17, 15) is 13.8 Å². The van der Waals surface area contributed by atoms with Crippen molar-refractivity contribution in [2.24, 2.45) is 14.1 Å². The van der Waals surface area contributed by atoms with E-state index in [1.165, 1.54) is 17.9 Å². The Morgan fingerprint density at radius 3 is 2.80 bits per heavy atom. The molecule has 0 spiro atoms. The van der Waals surface area contributed by atoms with Crippen LogP contribution in [0.15, 0.2) is 15.9 Å². The zero-order valence-corrected chi connectivity index (χ0v) is 11.9. The van der Waals surface area contributed by atoms with Gasteiger partial charge < -0.3 is 9.30 Å². The lowest BCUT2D eigenvalue weighted by molar-refractivity contribution is 0.130. The van der Waals surface area contributed by atoms with Crippen LogP contribution in [-0.2, 0) is 36.2 Å². The molecule has 0 N–H and O–H groups in total. The highest BCUT2D eigenvalue weighted by Crippen LogP contribution is 2.13. The van der Waals surface area contributed by atoms with Crippen molar-refractivity contribution in [3.05, 3.63) is 27.2 Å². The Morgan fingerprint density at radius 2 is 2.15 bits per heavy atom. The number of rotatable bonds is 2. The number of aryl methyl sites for hydroxylation is 1. The summed E-state index contributed by atoms with van der Waals surface area (Å²) in [5.74, 6) is 0.508. The molecule has 2 aromatic heterocycles. The Morgan fingerprint density at radius 1 is 1.40 bits per heavy atom. The molecule has 1 saturated heterocycles. The SMILES string of the molecule is Cn1c(=O)c2c(ncn2C[C@H]2OCCS2=O)n(C)c1=O. The Bertz CT molecular complexity index is 818. The molecule has 0 bridgehead atoms. The molecular formula is C11H14N4O4S. The molecule has 108 valence electrons. The number of ether oxygens (including phenoxy) is 1. The molecule has 1 fully saturated rings. The lowest BCUT2D eigenvalue weighted by Crippen LogP contribution is -2.37. The van der Waals surface area contributed by atoms with Crippen LogP contribution in [0.4, 0.5) is 0 Å². The van der Waals surface area contributed by atoms with Crippen LogP contribution < -0.4 is 11.2 Å². The van der Waals surface area contributed by atoms with E-state index in [2.05, 4.69) is 4.98 Å². The van der Waals surface area contributed by atoms with Gasteiger partial charge in [0.2, 0.25) is 0 Å². The third kappa shape index (κ3) is 1.85. The van der Waals surface area contributed by atoms with Gasteiger partial charge in [0.25, 0.3) is 5.56 Å². The molecule has 8 nitrogen and oxygen atoms in total. The van der Waals surface area contributed by atoms with Crippen molar-refractivity contribution in [2.45, 2.75) is 12.0 Å². The highest BCUT2D eigenvalue weighted by Gasteiger charge is 2.25. The van der Waals surface area contributed by atoms with E-state index in [1.807, 2.05) is 0 Å². The number of fused-ring (bicyclic) bond motifs is 1. The van der Waals surface area contributed by atoms with Crippen LogP contribution in [0, 0.1) is 0 Å². The van der Waals surface area contributed by atoms with Gasteiger partial charge in [-0.15, -0.1) is 0 Å². The molecule has 0 amide bonds. The lowest BCUT2D eigenvalue weighted by Gasteiger charge is -2.10. The van der Waals surface area contributed by atoms with Crippen LogP contribution in [-0.4, -0.2) is 40.7 Å². The van der Waals surface area contributed by atoms with Gasteiger partial charge in [0, 0.05) is 19.8 Å². The first-order valence-corrected chi connectivity index (χ1v) is 7.48. The lowest BCUT2D eigenvalue weighted by atomic mass is 10.5. The topological polar surface area (TPSA) is 88.1 Å². The van der Waals surface area contributed by atoms with Crippen LogP contribution in [0.25, 0.3) is 11.2 Å². The maximum atomic E-state index is 12.2. The number of aromatic nitrogens is 4. The molecule has 1 aliphatic heterocycles. The summed E-state index contributed by atoms with van der Waals surface area (Å²) < 4.78 is 21.1. The van der Waals surface area contributed by atoms with Crippen molar-refractivity contribution in [2.75, 3.05) is 12.4 Å². The van der Waals surface area contributed by atoms with Crippen LogP contribution in [0.2, 0.25) is 0 Å². The second-order valence-corrected chi connectivity index (χ2v) is 6.36. The second-order valence-electron chi connectivity index (χ2n) is 4.66. The molecular weight excluding hydrogens is 284 g/mol. The number of nitrogens with zero attached hydrogens (tertiary/aromatic N) is 4. The number of hydrogen-bond donors (Lipinski definition) is 0. The largest absolute Gasteiger partial charge is 0.362 e. The van der Waals surface area contributed by atoms with Crippen molar-refractivity contribution in [1.29, 1.82) is 0 Å². The maximum absolute atomic E-state index is 12.2. The zero-order valence-electron chi connectivity index (χ0n) is 11.1.